The van der Waals surface area contributed by atoms with Gasteiger partial charge in [-0.2, -0.15) is 0 Å². The lowest BCUT2D eigenvalue weighted by atomic mass is 10.2. The summed E-state index contributed by atoms with van der Waals surface area (Å²) in [5, 5.41) is 14.3. The lowest BCUT2D eigenvalue weighted by Crippen LogP contribution is -2.37. The Bertz CT molecular complexity index is 839. The first-order chi connectivity index (χ1) is 13.0. The summed E-state index contributed by atoms with van der Waals surface area (Å²) in [6.45, 7) is 2.27. The van der Waals surface area contributed by atoms with Crippen LogP contribution in [0.15, 0.2) is 42.5 Å². The molecular weight excluding hydrogens is 374 g/mol. The number of halogens is 1. The van der Waals surface area contributed by atoms with Crippen LogP contribution in [-0.4, -0.2) is 43.7 Å². The smallest absolute Gasteiger partial charge is 0.310 e. The van der Waals surface area contributed by atoms with Gasteiger partial charge in [0.05, 0.1) is 29.5 Å². The summed E-state index contributed by atoms with van der Waals surface area (Å²) in [7, 11) is 0. The minimum absolute atomic E-state index is 0.0390. The highest BCUT2D eigenvalue weighted by atomic mass is 35.5. The van der Waals surface area contributed by atoms with Crippen LogP contribution < -0.4 is 15.0 Å². The van der Waals surface area contributed by atoms with Crippen molar-refractivity contribution in [3.05, 3.63) is 57.6 Å². The third-order valence-electron chi connectivity index (χ3n) is 4.01. The molecule has 142 valence electrons. The van der Waals surface area contributed by atoms with E-state index in [1.807, 2.05) is 6.07 Å². The minimum atomic E-state index is -0.555. The molecular formula is C18H18ClN3O5. The number of nitrogens with one attached hydrogen (secondary N) is 1. The maximum atomic E-state index is 12.3. The number of amides is 1. The topological polar surface area (TPSA) is 93.9 Å². The Balaban J connectivity index is 1.69. The van der Waals surface area contributed by atoms with E-state index in [1.165, 1.54) is 18.2 Å². The molecule has 1 N–H and O–H groups in total. The maximum absolute atomic E-state index is 12.3. The summed E-state index contributed by atoms with van der Waals surface area (Å²) >= 11 is 6.07. The van der Waals surface area contributed by atoms with Gasteiger partial charge in [0.2, 0.25) is 0 Å². The van der Waals surface area contributed by atoms with E-state index in [9.17, 15) is 14.9 Å². The highest BCUT2D eigenvalue weighted by Gasteiger charge is 2.18. The van der Waals surface area contributed by atoms with Crippen molar-refractivity contribution < 1.29 is 19.2 Å². The third kappa shape index (κ3) is 4.87. The number of morpholine rings is 1. The molecule has 0 saturated carbocycles. The van der Waals surface area contributed by atoms with Crippen molar-refractivity contribution in [2.45, 2.75) is 0 Å². The number of nitrogens with zero attached hydrogens (tertiary/aromatic N) is 2. The molecule has 0 aromatic heterocycles. The van der Waals surface area contributed by atoms with Crippen LogP contribution in [0.2, 0.25) is 5.02 Å². The van der Waals surface area contributed by atoms with Crippen molar-refractivity contribution in [1.82, 2.24) is 0 Å². The number of rotatable bonds is 6. The number of ether oxygens (including phenoxy) is 2. The van der Waals surface area contributed by atoms with Crippen LogP contribution in [0, 0.1) is 10.1 Å². The molecule has 3 rings (SSSR count). The molecule has 0 radical (unpaired) electrons. The largest absolute Gasteiger partial charge is 0.477 e. The first kappa shape index (κ1) is 18.9. The highest BCUT2D eigenvalue weighted by molar-refractivity contribution is 6.31. The highest BCUT2D eigenvalue weighted by Crippen LogP contribution is 2.30. The molecule has 1 heterocycles. The van der Waals surface area contributed by atoms with E-state index in [0.29, 0.717) is 37.0 Å². The fourth-order valence-electron chi connectivity index (χ4n) is 2.75. The molecule has 9 heteroatoms. The molecule has 1 aliphatic rings. The van der Waals surface area contributed by atoms with Gasteiger partial charge in [0, 0.05) is 24.2 Å². The molecule has 0 bridgehead atoms. The van der Waals surface area contributed by atoms with Gasteiger partial charge in [-0.05, 0) is 24.3 Å². The molecule has 0 spiro atoms. The summed E-state index contributed by atoms with van der Waals surface area (Å²) in [5.41, 5.74) is 1.20. The first-order valence-electron chi connectivity index (χ1n) is 8.33. The van der Waals surface area contributed by atoms with Crippen LogP contribution in [0.25, 0.3) is 0 Å². The Hall–Kier alpha value is -2.84. The molecule has 2 aromatic carbocycles. The summed E-state index contributed by atoms with van der Waals surface area (Å²) in [5.74, 6) is -0.401. The van der Waals surface area contributed by atoms with Gasteiger partial charge >= 0.3 is 5.69 Å². The molecule has 0 unspecified atom stereocenters. The predicted molar refractivity (Wildman–Crippen MR) is 102 cm³/mol. The van der Waals surface area contributed by atoms with Gasteiger partial charge in [-0.1, -0.05) is 23.7 Å². The lowest BCUT2D eigenvalue weighted by molar-refractivity contribution is -0.385. The number of nitro benzene ring substituents is 1. The van der Waals surface area contributed by atoms with Gasteiger partial charge in [-0.3, -0.25) is 14.9 Å². The average Bonchev–Trinajstić information content (AvgIpc) is 2.67. The fourth-order valence-corrected chi connectivity index (χ4v) is 2.92. The quantitative estimate of drug-likeness (QED) is 0.600. The van der Waals surface area contributed by atoms with Gasteiger partial charge in [0.25, 0.3) is 5.91 Å². The number of hydrogen-bond donors (Lipinski definition) is 1. The Morgan fingerprint density at radius 3 is 2.74 bits per heavy atom. The van der Waals surface area contributed by atoms with E-state index in [4.69, 9.17) is 21.1 Å². The Kier molecular flexibility index (Phi) is 6.10. The standard InChI is InChI=1S/C18H18ClN3O5/c19-13-5-6-15(21-7-9-26-10-8-21)14(11-13)20-18(23)12-27-17-4-2-1-3-16(17)22(24)25/h1-6,11H,7-10,12H2,(H,20,23). The molecule has 27 heavy (non-hydrogen) atoms. The van der Waals surface area contributed by atoms with Gasteiger partial charge < -0.3 is 19.7 Å². The van der Waals surface area contributed by atoms with Crippen molar-refractivity contribution in [2.75, 3.05) is 43.1 Å². The molecule has 0 aliphatic carbocycles. The van der Waals surface area contributed by atoms with Gasteiger partial charge in [-0.15, -0.1) is 0 Å². The van der Waals surface area contributed by atoms with Crippen LogP contribution in [0.5, 0.6) is 5.75 Å². The molecule has 1 saturated heterocycles. The van der Waals surface area contributed by atoms with Gasteiger partial charge in [0.15, 0.2) is 12.4 Å². The number of carbonyl (C=O) groups excluding carboxylic acids is 1. The monoisotopic (exact) mass is 391 g/mol. The number of anilines is 2. The third-order valence-corrected chi connectivity index (χ3v) is 4.24. The first-order valence-corrected chi connectivity index (χ1v) is 8.70. The van der Waals surface area contributed by atoms with Gasteiger partial charge in [0.1, 0.15) is 0 Å². The van der Waals surface area contributed by atoms with Crippen LogP contribution in [0.4, 0.5) is 17.1 Å². The Morgan fingerprint density at radius 2 is 2.00 bits per heavy atom. The molecule has 0 atom stereocenters. The SMILES string of the molecule is O=C(COc1ccccc1[N+](=O)[O-])Nc1cc(Cl)ccc1N1CCOCC1. The predicted octanol–water partition coefficient (Wildman–Crippen LogP) is 3.10. The number of hydrogen-bond acceptors (Lipinski definition) is 6. The zero-order chi connectivity index (χ0) is 19.2. The average molecular weight is 392 g/mol. The van der Waals surface area contributed by atoms with Crippen molar-refractivity contribution >= 4 is 34.6 Å². The van der Waals surface area contributed by atoms with E-state index < -0.39 is 10.8 Å². The van der Waals surface area contributed by atoms with E-state index in [1.54, 1.807) is 18.2 Å². The summed E-state index contributed by atoms with van der Waals surface area (Å²) in [4.78, 5) is 24.9. The van der Waals surface area contributed by atoms with Crippen molar-refractivity contribution in [2.24, 2.45) is 0 Å². The minimum Gasteiger partial charge on any atom is -0.477 e. The van der Waals surface area contributed by atoms with Crippen LogP contribution in [-0.2, 0) is 9.53 Å². The number of nitro groups is 1. The van der Waals surface area contributed by atoms with Crippen molar-refractivity contribution in [3.8, 4) is 5.75 Å². The number of carbonyl (C=O) groups is 1. The van der Waals surface area contributed by atoms with Crippen LogP contribution in [0.1, 0.15) is 0 Å². The second-order valence-electron chi connectivity index (χ2n) is 5.82. The fraction of sp³-hybridized carbons (Fsp3) is 0.278. The summed E-state index contributed by atoms with van der Waals surface area (Å²) < 4.78 is 10.7. The molecule has 1 amide bonds. The summed E-state index contributed by atoms with van der Waals surface area (Å²) in [6, 6.07) is 11.2. The molecule has 8 nitrogen and oxygen atoms in total. The van der Waals surface area contributed by atoms with Gasteiger partial charge in [-0.25, -0.2) is 0 Å². The summed E-state index contributed by atoms with van der Waals surface area (Å²) in [6.07, 6.45) is 0. The van der Waals surface area contributed by atoms with E-state index in [-0.39, 0.29) is 18.0 Å². The number of para-hydroxylation sites is 2. The van der Waals surface area contributed by atoms with Crippen LogP contribution >= 0.6 is 11.6 Å². The molecule has 1 aliphatic heterocycles. The zero-order valence-corrected chi connectivity index (χ0v) is 15.1. The lowest BCUT2D eigenvalue weighted by Gasteiger charge is -2.30. The number of benzene rings is 2. The molecule has 2 aromatic rings. The Labute approximate surface area is 160 Å². The van der Waals surface area contributed by atoms with E-state index in [2.05, 4.69) is 10.2 Å². The Morgan fingerprint density at radius 1 is 1.26 bits per heavy atom. The zero-order valence-electron chi connectivity index (χ0n) is 14.4. The van der Waals surface area contributed by atoms with E-state index >= 15 is 0 Å². The molecule has 1 fully saturated rings. The van der Waals surface area contributed by atoms with Crippen molar-refractivity contribution in [1.29, 1.82) is 0 Å². The second kappa shape index (κ2) is 8.70. The maximum Gasteiger partial charge on any atom is 0.310 e. The van der Waals surface area contributed by atoms with E-state index in [0.717, 1.165) is 5.69 Å². The van der Waals surface area contributed by atoms with Crippen molar-refractivity contribution in [3.63, 3.8) is 0 Å². The normalized spacial score (nSPS) is 13.9. The second-order valence-corrected chi connectivity index (χ2v) is 6.26. The van der Waals surface area contributed by atoms with Crippen LogP contribution in [0.3, 0.4) is 0 Å².